The zero-order valence-electron chi connectivity index (χ0n) is 68.2. The number of hydrogen-bond donors (Lipinski definition) is 12. The fraction of sp³-hybridized carbons (Fsp3) is 0.312. The highest BCUT2D eigenvalue weighted by molar-refractivity contribution is 7.88. The number of nitrogens with two attached hydrogens (primary N) is 2. The number of rotatable bonds is 32. The lowest BCUT2D eigenvalue weighted by Crippen LogP contribution is -2.36. The largest absolute Gasteiger partial charge is 0.536 e. The SMILES string of the molecule is CC(=O)NCCO/N=C(\C(=O)C[C@H]1Cc2cccc(C)c2OB1O)c1csc(N)n1.Cc1cccc2c1OB(O)[C@@H](CC(=O)/C(=N\O)c1csc(NCCc3ccccn3)n1)C2.Cc1cccc2c1OB(O)[C@@H](CC(=O)/C(=N\O)c1csc(NCc3ccccn3)n1)C2.Cc1cccc2c1OB(O)[C@@H](CC(=O)/C(=N\OCCNS(C)(=O)=O)c1csc(N)n1)C2. The summed E-state index contributed by atoms with van der Waals surface area (Å²) in [6.45, 7) is 10.4. The first-order chi connectivity index (χ1) is 59.6. The number of Topliss-reactive ketones (excluding diaryl/α,β-unsaturated/α-hetero) is 4. The number of carbonyl (C=O) groups excluding carboxylic acids is 5. The number of amides is 1. The van der Waals surface area contributed by atoms with Crippen LogP contribution in [0.2, 0.25) is 23.3 Å². The van der Waals surface area contributed by atoms with Crippen molar-refractivity contribution in [2.24, 2.45) is 20.6 Å². The summed E-state index contributed by atoms with van der Waals surface area (Å²) in [5.74, 6) is -0.906. The average molecular weight is 1780 g/mol. The maximum absolute atomic E-state index is 13.0. The number of para-hydroxylation sites is 4. The number of fused-ring (bicyclic) bond motifs is 4. The smallest absolute Gasteiger partial charge is 0.526 e. The molecule has 10 aromatic rings. The molecule has 0 bridgehead atoms. The summed E-state index contributed by atoms with van der Waals surface area (Å²) in [5, 5.41) is 92.0. The number of aromatic nitrogens is 6. The molecule has 4 aliphatic rings. The highest BCUT2D eigenvalue weighted by Crippen LogP contribution is 2.41. The molecule has 646 valence electrons. The first kappa shape index (κ1) is 92.9. The van der Waals surface area contributed by atoms with Gasteiger partial charge >= 0.3 is 28.5 Å². The molecule has 6 aromatic heterocycles. The lowest BCUT2D eigenvalue weighted by Gasteiger charge is -2.28. The number of benzene rings is 4. The molecule has 0 spiro atoms. The van der Waals surface area contributed by atoms with E-state index in [1.54, 1.807) is 33.9 Å². The fourth-order valence-corrected chi connectivity index (χ4v) is 16.5. The molecule has 10 heterocycles. The molecule has 124 heavy (non-hydrogen) atoms. The molecule has 44 heteroatoms. The van der Waals surface area contributed by atoms with Crippen molar-refractivity contribution >= 4 is 156 Å². The van der Waals surface area contributed by atoms with Gasteiger partial charge in [-0.25, -0.2) is 33.1 Å². The minimum absolute atomic E-state index is 0.000130. The molecule has 14 N–H and O–H groups in total. The number of anilines is 4. The molecule has 35 nitrogen and oxygen atoms in total. The van der Waals surface area contributed by atoms with Crippen LogP contribution in [0.4, 0.5) is 20.5 Å². The van der Waals surface area contributed by atoms with Crippen LogP contribution in [0.15, 0.2) is 164 Å². The second-order valence-electron chi connectivity index (χ2n) is 29.1. The van der Waals surface area contributed by atoms with E-state index in [-0.39, 0.29) is 103 Å². The van der Waals surface area contributed by atoms with Gasteiger partial charge in [0.2, 0.25) is 15.9 Å². The molecule has 0 saturated heterocycles. The number of nitrogen functional groups attached to an aromatic ring is 2. The Labute approximate surface area is 731 Å². The second-order valence-corrected chi connectivity index (χ2v) is 34.5. The van der Waals surface area contributed by atoms with E-state index in [0.717, 1.165) is 79.9 Å². The minimum atomic E-state index is -3.36. The maximum Gasteiger partial charge on any atom is 0.526 e. The topological polar surface area (TPSA) is 523 Å². The van der Waals surface area contributed by atoms with Crippen LogP contribution in [-0.2, 0) is 82.3 Å². The van der Waals surface area contributed by atoms with Crippen LogP contribution in [0.3, 0.4) is 0 Å². The highest BCUT2D eigenvalue weighted by atomic mass is 32.2. The van der Waals surface area contributed by atoms with Gasteiger partial charge in [-0.05, 0) is 122 Å². The third kappa shape index (κ3) is 26.1. The van der Waals surface area contributed by atoms with Gasteiger partial charge in [0.1, 0.15) is 59.0 Å². The van der Waals surface area contributed by atoms with Crippen LogP contribution in [0, 0.1) is 27.7 Å². The number of thiazole rings is 4. The summed E-state index contributed by atoms with van der Waals surface area (Å²) in [6, 6.07) is 34.4. The number of nitrogens with zero attached hydrogens (tertiary/aromatic N) is 10. The predicted octanol–water partition coefficient (Wildman–Crippen LogP) is 8.29. The molecule has 4 aliphatic heterocycles. The number of hydrogen-bond acceptors (Lipinski definition) is 37. The summed E-state index contributed by atoms with van der Waals surface area (Å²) >= 11 is 4.96. The van der Waals surface area contributed by atoms with Gasteiger partial charge in [-0.1, -0.05) is 106 Å². The number of nitrogens with one attached hydrogen (secondary N) is 4. The van der Waals surface area contributed by atoms with Crippen LogP contribution in [-0.4, -0.2) is 188 Å². The van der Waals surface area contributed by atoms with Crippen LogP contribution in [0.25, 0.3) is 0 Å². The van der Waals surface area contributed by atoms with Gasteiger partial charge in [0, 0.05) is 115 Å². The van der Waals surface area contributed by atoms with Crippen molar-refractivity contribution < 1.29 is 91.2 Å². The van der Waals surface area contributed by atoms with Crippen molar-refractivity contribution in [2.45, 2.75) is 122 Å². The van der Waals surface area contributed by atoms with Crippen molar-refractivity contribution in [1.82, 2.24) is 39.9 Å². The lowest BCUT2D eigenvalue weighted by atomic mass is 9.64. The third-order valence-electron chi connectivity index (χ3n) is 19.7. The van der Waals surface area contributed by atoms with Crippen LogP contribution < -0.4 is 50.8 Å². The van der Waals surface area contributed by atoms with Crippen molar-refractivity contribution in [2.75, 3.05) is 61.2 Å². The Morgan fingerprint density at radius 3 is 1.18 bits per heavy atom. The van der Waals surface area contributed by atoms with E-state index in [2.05, 4.69) is 71.2 Å². The van der Waals surface area contributed by atoms with E-state index in [1.807, 2.05) is 137 Å². The van der Waals surface area contributed by atoms with Crippen LogP contribution >= 0.6 is 45.3 Å². The molecular weight excluding hydrogens is 1690 g/mol. The average Bonchev–Trinajstić information content (AvgIpc) is 1.65. The van der Waals surface area contributed by atoms with Gasteiger partial charge in [-0.15, -0.1) is 45.3 Å². The predicted molar refractivity (Wildman–Crippen MR) is 476 cm³/mol. The molecule has 4 atom stereocenters. The molecule has 0 fully saturated rings. The third-order valence-corrected chi connectivity index (χ3v) is 23.4. The van der Waals surface area contributed by atoms with Gasteiger partial charge in [-0.3, -0.25) is 33.9 Å². The summed E-state index contributed by atoms with van der Waals surface area (Å²) < 4.78 is 47.1. The monoisotopic (exact) mass is 1780 g/mol. The summed E-state index contributed by atoms with van der Waals surface area (Å²) in [6.07, 6.45) is 7.09. The lowest BCUT2D eigenvalue weighted by molar-refractivity contribution is -0.119. The zero-order valence-corrected chi connectivity index (χ0v) is 72.3. The quantitative estimate of drug-likeness (QED) is 0.00620. The first-order valence-corrected chi connectivity index (χ1v) is 44.5. The Morgan fingerprint density at radius 1 is 0.476 bits per heavy atom. The maximum atomic E-state index is 13.0. The molecule has 0 radical (unpaired) electrons. The second kappa shape index (κ2) is 44.5. The van der Waals surface area contributed by atoms with E-state index < -0.39 is 79.1 Å². The Kier molecular flexibility index (Phi) is 33.3. The standard InChI is InChI=1S/C22H23BN4O4S.C21H21BN4O4S.C19H23BN4O5S.C18H23BN4O6S2/c1-14-5-4-6-15-11-16(23(29)31-21(14)15)12-19(28)20(27-30)18-13-32-22(26-18)25-10-8-17-7-2-3-9-24-17;1-13-5-4-6-14-9-15(22(28)30-20(13)14)10-18(27)19(26-29)17-12-31-21(25-17)24-11-16-7-2-3-8-23-16;1-11-4-3-5-13-8-14(20(27)29-18(11)13)9-16(26)17(15-10-30-19(21)23-15)24-28-7-6-22-12(2)25;1-11-4-3-5-12-8-13(19(25)29-17(11)12)9-15(24)16(14-10-30-18(20)22-14)23-28-7-6-21-31(2,26)27/h2-7,9,13,16,29-30H,8,10-12H2,1H3,(H,25,26);2-8,12,15,28-29H,9-11H2,1H3,(H,24,25);3-5,10,14,27H,6-9H2,1-2H3,(H2,21,23)(H,22,25);3-5,10,13,21,25H,6-9H2,1-2H3,(H2,20,22)/b27-20-;26-19-;24-17-;23-16-/t16-;15-;14-;13-/m1111/s1. The van der Waals surface area contributed by atoms with E-state index in [1.165, 1.54) is 40.9 Å². The summed E-state index contributed by atoms with van der Waals surface area (Å²) in [7, 11) is -7.82. The zero-order chi connectivity index (χ0) is 88.6. The Hall–Kier alpha value is -11.9. The van der Waals surface area contributed by atoms with Gasteiger partial charge in [0.15, 0.2) is 66.5 Å². The number of oxime groups is 4. The van der Waals surface area contributed by atoms with E-state index in [4.69, 9.17) is 39.8 Å². The minimum Gasteiger partial charge on any atom is -0.536 e. The number of sulfonamides is 1. The summed E-state index contributed by atoms with van der Waals surface area (Å²) in [4.78, 5) is 98.4. The number of aryl methyl sites for hydroxylation is 4. The van der Waals surface area contributed by atoms with Gasteiger partial charge in [0.25, 0.3) is 0 Å². The summed E-state index contributed by atoms with van der Waals surface area (Å²) in [5.41, 5.74) is 21.5. The molecule has 14 rings (SSSR count). The van der Waals surface area contributed by atoms with E-state index in [0.29, 0.717) is 88.6 Å². The van der Waals surface area contributed by atoms with Crippen LogP contribution in [0.1, 0.15) is 111 Å². The highest BCUT2D eigenvalue weighted by Gasteiger charge is 2.42. The number of pyridine rings is 2. The fourth-order valence-electron chi connectivity index (χ4n) is 13.6. The van der Waals surface area contributed by atoms with Gasteiger partial charge in [-0.2, -0.15) is 0 Å². The molecule has 1 amide bonds. The van der Waals surface area contributed by atoms with Crippen molar-refractivity contribution in [3.63, 3.8) is 0 Å². The Balaban J connectivity index is 0.000000161. The molecule has 0 saturated carbocycles. The van der Waals surface area contributed by atoms with Crippen molar-refractivity contribution in [3.05, 3.63) is 222 Å². The van der Waals surface area contributed by atoms with Gasteiger partial charge < -0.3 is 86.2 Å². The van der Waals surface area contributed by atoms with E-state index >= 15 is 0 Å². The number of carbonyl (C=O) groups is 5. The Morgan fingerprint density at radius 2 is 0.831 bits per heavy atom. The van der Waals surface area contributed by atoms with E-state index in [9.17, 15) is 62.9 Å². The van der Waals surface area contributed by atoms with Gasteiger partial charge in [0.05, 0.1) is 25.0 Å². The Bertz CT molecular complexity index is 5640. The molecule has 0 aliphatic carbocycles. The van der Waals surface area contributed by atoms with Crippen molar-refractivity contribution in [1.29, 1.82) is 0 Å². The first-order valence-electron chi connectivity index (χ1n) is 39.1. The molecule has 4 aromatic carbocycles. The molecular formula is C80H90B4N16O19S5. The van der Waals surface area contributed by atoms with Crippen molar-refractivity contribution in [3.8, 4) is 23.0 Å². The number of ketones is 4. The van der Waals surface area contributed by atoms with Crippen LogP contribution in [0.5, 0.6) is 23.0 Å². The molecule has 0 unspecified atom stereocenters. The normalized spacial score (nSPS) is 16.0.